The number of aromatic nitrogens is 3. The molecule has 2 heterocycles. The van der Waals surface area contributed by atoms with Crippen molar-refractivity contribution in [2.75, 3.05) is 17.7 Å². The van der Waals surface area contributed by atoms with E-state index in [1.165, 1.54) is 13.3 Å². The highest BCUT2D eigenvalue weighted by Gasteiger charge is 2.17. The lowest BCUT2D eigenvalue weighted by Gasteiger charge is -2.12. The minimum absolute atomic E-state index is 0.0832. The van der Waals surface area contributed by atoms with Crippen molar-refractivity contribution >= 4 is 23.2 Å². The highest BCUT2D eigenvalue weighted by Crippen LogP contribution is 2.28. The smallest absolute Gasteiger partial charge is 0.259 e. The minimum Gasteiger partial charge on any atom is -0.494 e. The van der Waals surface area contributed by atoms with Crippen LogP contribution in [0, 0.1) is 6.92 Å². The van der Waals surface area contributed by atoms with E-state index in [0.29, 0.717) is 40.6 Å². The summed E-state index contributed by atoms with van der Waals surface area (Å²) in [7, 11) is 1.51. The molecule has 150 valence electrons. The molecule has 0 saturated carbocycles. The van der Waals surface area contributed by atoms with E-state index in [1.807, 2.05) is 32.0 Å². The first-order valence-corrected chi connectivity index (χ1v) is 9.28. The van der Waals surface area contributed by atoms with Gasteiger partial charge in [0.25, 0.3) is 5.91 Å². The first-order chi connectivity index (χ1) is 14.0. The van der Waals surface area contributed by atoms with Gasteiger partial charge in [0, 0.05) is 24.4 Å². The molecule has 29 heavy (non-hydrogen) atoms. The maximum absolute atomic E-state index is 12.7. The standard InChI is InChI=1S/C21H23N5O3/c1-4-7-20(27)25-17-10-9-15(12-18(17)29-3)24-21(28)16-13-23-26(14(16)2)19-8-5-6-11-22-19/h5-6,8-13H,4,7H2,1-3H3,(H,24,28)(H,25,27). The maximum Gasteiger partial charge on any atom is 0.259 e. The molecule has 0 radical (unpaired) electrons. The van der Waals surface area contributed by atoms with Crippen LogP contribution in [0.15, 0.2) is 48.8 Å². The second-order valence-corrected chi connectivity index (χ2v) is 6.41. The van der Waals surface area contributed by atoms with Gasteiger partial charge in [0.15, 0.2) is 5.82 Å². The van der Waals surface area contributed by atoms with Crippen LogP contribution in [0.4, 0.5) is 11.4 Å². The van der Waals surface area contributed by atoms with Gasteiger partial charge in [0.1, 0.15) is 5.75 Å². The first kappa shape index (κ1) is 20.1. The monoisotopic (exact) mass is 393 g/mol. The number of hydrogen-bond acceptors (Lipinski definition) is 5. The summed E-state index contributed by atoms with van der Waals surface area (Å²) in [5.74, 6) is 0.723. The second kappa shape index (κ2) is 9.01. The van der Waals surface area contributed by atoms with Gasteiger partial charge in [0.05, 0.1) is 30.3 Å². The van der Waals surface area contributed by atoms with E-state index in [9.17, 15) is 9.59 Å². The average molecular weight is 393 g/mol. The van der Waals surface area contributed by atoms with Gasteiger partial charge in [-0.05, 0) is 37.6 Å². The summed E-state index contributed by atoms with van der Waals surface area (Å²) in [6.45, 7) is 3.75. The van der Waals surface area contributed by atoms with Crippen LogP contribution in [0.5, 0.6) is 5.75 Å². The molecule has 3 rings (SSSR count). The summed E-state index contributed by atoms with van der Waals surface area (Å²) < 4.78 is 6.96. The zero-order valence-electron chi connectivity index (χ0n) is 16.6. The first-order valence-electron chi connectivity index (χ1n) is 9.28. The molecule has 0 aliphatic carbocycles. The van der Waals surface area contributed by atoms with Crippen molar-refractivity contribution in [3.8, 4) is 11.6 Å². The molecular weight excluding hydrogens is 370 g/mol. The van der Waals surface area contributed by atoms with Gasteiger partial charge in [-0.25, -0.2) is 9.67 Å². The summed E-state index contributed by atoms with van der Waals surface area (Å²) in [5, 5.41) is 9.91. The van der Waals surface area contributed by atoms with Crippen molar-refractivity contribution in [1.29, 1.82) is 0 Å². The average Bonchev–Trinajstić information content (AvgIpc) is 3.11. The number of ether oxygens (including phenoxy) is 1. The molecule has 8 heteroatoms. The molecule has 1 aromatic carbocycles. The number of rotatable bonds is 7. The third-order valence-corrected chi connectivity index (χ3v) is 4.33. The van der Waals surface area contributed by atoms with E-state index in [2.05, 4.69) is 20.7 Å². The van der Waals surface area contributed by atoms with Gasteiger partial charge in [-0.1, -0.05) is 13.0 Å². The molecule has 0 spiro atoms. The molecule has 3 aromatic rings. The Morgan fingerprint density at radius 2 is 2.00 bits per heavy atom. The van der Waals surface area contributed by atoms with Crippen molar-refractivity contribution in [2.45, 2.75) is 26.7 Å². The number of amides is 2. The van der Waals surface area contributed by atoms with E-state index in [0.717, 1.165) is 6.42 Å². The fourth-order valence-electron chi connectivity index (χ4n) is 2.85. The highest BCUT2D eigenvalue weighted by molar-refractivity contribution is 6.05. The molecular formula is C21H23N5O3. The van der Waals surface area contributed by atoms with Crippen LogP contribution in [0.25, 0.3) is 5.82 Å². The molecule has 2 amide bonds. The summed E-state index contributed by atoms with van der Waals surface area (Å²) in [6, 6.07) is 10.6. The van der Waals surface area contributed by atoms with Crippen LogP contribution in [0.2, 0.25) is 0 Å². The van der Waals surface area contributed by atoms with E-state index < -0.39 is 0 Å². The number of hydrogen-bond donors (Lipinski definition) is 2. The van der Waals surface area contributed by atoms with E-state index in [1.54, 1.807) is 29.1 Å². The van der Waals surface area contributed by atoms with Crippen LogP contribution in [-0.2, 0) is 4.79 Å². The lowest BCUT2D eigenvalue weighted by molar-refractivity contribution is -0.116. The van der Waals surface area contributed by atoms with Gasteiger partial charge >= 0.3 is 0 Å². The van der Waals surface area contributed by atoms with Gasteiger partial charge in [-0.15, -0.1) is 0 Å². The predicted molar refractivity (Wildman–Crippen MR) is 111 cm³/mol. The number of carbonyl (C=O) groups excluding carboxylic acids is 2. The number of benzene rings is 1. The Balaban J connectivity index is 1.77. The van der Waals surface area contributed by atoms with Crippen molar-refractivity contribution < 1.29 is 14.3 Å². The second-order valence-electron chi connectivity index (χ2n) is 6.41. The molecule has 2 aromatic heterocycles. The SMILES string of the molecule is CCCC(=O)Nc1ccc(NC(=O)c2cnn(-c3ccccn3)c2C)cc1OC. The van der Waals surface area contributed by atoms with Crippen molar-refractivity contribution in [3.05, 3.63) is 60.0 Å². The Labute approximate surface area is 168 Å². The van der Waals surface area contributed by atoms with E-state index in [4.69, 9.17) is 4.74 Å². The molecule has 0 aliphatic heterocycles. The zero-order chi connectivity index (χ0) is 20.8. The lowest BCUT2D eigenvalue weighted by Crippen LogP contribution is -2.14. The van der Waals surface area contributed by atoms with Crippen LogP contribution >= 0.6 is 0 Å². The number of methoxy groups -OCH3 is 1. The fraction of sp³-hybridized carbons (Fsp3) is 0.238. The largest absolute Gasteiger partial charge is 0.494 e. The third kappa shape index (κ3) is 4.60. The number of pyridine rings is 1. The van der Waals surface area contributed by atoms with Crippen LogP contribution in [0.3, 0.4) is 0 Å². The molecule has 0 fully saturated rings. The molecule has 2 N–H and O–H groups in total. The Bertz CT molecular complexity index is 1010. The summed E-state index contributed by atoms with van der Waals surface area (Å²) in [5.41, 5.74) is 2.22. The van der Waals surface area contributed by atoms with Gasteiger partial charge in [-0.2, -0.15) is 5.10 Å². The fourth-order valence-corrected chi connectivity index (χ4v) is 2.85. The number of nitrogens with zero attached hydrogens (tertiary/aromatic N) is 3. The van der Waals surface area contributed by atoms with Gasteiger partial charge in [-0.3, -0.25) is 9.59 Å². The topological polar surface area (TPSA) is 98.1 Å². The summed E-state index contributed by atoms with van der Waals surface area (Å²) in [6.07, 6.45) is 4.37. The normalized spacial score (nSPS) is 10.4. The van der Waals surface area contributed by atoms with Gasteiger partial charge in [0.2, 0.25) is 5.91 Å². The molecule has 0 aliphatic rings. The number of carbonyl (C=O) groups is 2. The van der Waals surface area contributed by atoms with E-state index >= 15 is 0 Å². The Kier molecular flexibility index (Phi) is 6.23. The van der Waals surface area contributed by atoms with Crippen molar-refractivity contribution in [3.63, 3.8) is 0 Å². The Morgan fingerprint density at radius 1 is 1.17 bits per heavy atom. The predicted octanol–water partition coefficient (Wildman–Crippen LogP) is 3.58. The zero-order valence-corrected chi connectivity index (χ0v) is 16.6. The molecule has 0 bridgehead atoms. The quantitative estimate of drug-likeness (QED) is 0.639. The Hall–Kier alpha value is -3.68. The lowest BCUT2D eigenvalue weighted by atomic mass is 10.2. The molecule has 8 nitrogen and oxygen atoms in total. The molecule has 0 atom stereocenters. The summed E-state index contributed by atoms with van der Waals surface area (Å²) in [4.78, 5) is 28.8. The van der Waals surface area contributed by atoms with E-state index in [-0.39, 0.29) is 11.8 Å². The van der Waals surface area contributed by atoms with Crippen LogP contribution < -0.4 is 15.4 Å². The van der Waals surface area contributed by atoms with Crippen molar-refractivity contribution in [2.24, 2.45) is 0 Å². The summed E-state index contributed by atoms with van der Waals surface area (Å²) >= 11 is 0. The Morgan fingerprint density at radius 3 is 2.69 bits per heavy atom. The number of nitrogens with one attached hydrogen (secondary N) is 2. The van der Waals surface area contributed by atoms with Crippen LogP contribution in [0.1, 0.15) is 35.8 Å². The highest BCUT2D eigenvalue weighted by atomic mass is 16.5. The van der Waals surface area contributed by atoms with Crippen molar-refractivity contribution in [1.82, 2.24) is 14.8 Å². The molecule has 0 saturated heterocycles. The minimum atomic E-state index is -0.297. The van der Waals surface area contributed by atoms with Crippen LogP contribution in [-0.4, -0.2) is 33.7 Å². The van der Waals surface area contributed by atoms with Gasteiger partial charge < -0.3 is 15.4 Å². The number of anilines is 2. The third-order valence-electron chi connectivity index (χ3n) is 4.33. The maximum atomic E-state index is 12.7. The molecule has 0 unspecified atom stereocenters.